The third-order valence-electron chi connectivity index (χ3n) is 6.42. The van der Waals surface area contributed by atoms with Crippen LogP contribution in [0.4, 0.5) is 0 Å². The molecule has 1 aliphatic heterocycles. The van der Waals surface area contributed by atoms with Gasteiger partial charge in [0.25, 0.3) is 5.91 Å². The van der Waals surface area contributed by atoms with Crippen molar-refractivity contribution in [2.24, 2.45) is 5.92 Å². The molecule has 0 radical (unpaired) electrons. The summed E-state index contributed by atoms with van der Waals surface area (Å²) in [6.07, 6.45) is 0.585. The van der Waals surface area contributed by atoms with Crippen LogP contribution in [0, 0.1) is 5.92 Å². The van der Waals surface area contributed by atoms with Crippen molar-refractivity contribution in [1.82, 2.24) is 20.0 Å². The van der Waals surface area contributed by atoms with E-state index in [2.05, 4.69) is 48.3 Å². The highest BCUT2D eigenvalue weighted by molar-refractivity contribution is 5.93. The highest BCUT2D eigenvalue weighted by Gasteiger charge is 2.33. The molecule has 0 aliphatic carbocycles. The minimum Gasteiger partial charge on any atom is -0.341 e. The van der Waals surface area contributed by atoms with Gasteiger partial charge in [-0.3, -0.25) is 14.7 Å². The number of hydrogen-bond donors (Lipinski definition) is 1. The summed E-state index contributed by atoms with van der Waals surface area (Å²) in [4.78, 5) is 30.3. The fourth-order valence-corrected chi connectivity index (χ4v) is 4.46. The minimum atomic E-state index is -0.301. The molecule has 2 heterocycles. The van der Waals surface area contributed by atoms with Crippen LogP contribution in [0.1, 0.15) is 48.4 Å². The lowest BCUT2D eigenvalue weighted by molar-refractivity contribution is -0.134. The van der Waals surface area contributed by atoms with E-state index in [0.29, 0.717) is 38.3 Å². The number of amides is 2. The van der Waals surface area contributed by atoms with Crippen LogP contribution in [-0.4, -0.2) is 58.0 Å². The maximum atomic E-state index is 13.4. The third-order valence-corrected chi connectivity index (χ3v) is 6.42. The highest BCUT2D eigenvalue weighted by Crippen LogP contribution is 2.27. The molecule has 0 spiro atoms. The van der Waals surface area contributed by atoms with Gasteiger partial charge in [-0.15, -0.1) is 0 Å². The number of hydrogen-bond acceptors (Lipinski definition) is 3. The molecule has 1 aromatic heterocycles. The predicted octanol–water partition coefficient (Wildman–Crippen LogP) is 4.36. The number of carbonyl (C=O) groups is 2. The summed E-state index contributed by atoms with van der Waals surface area (Å²) < 4.78 is 0. The van der Waals surface area contributed by atoms with E-state index in [1.54, 1.807) is 4.90 Å². The van der Waals surface area contributed by atoms with Gasteiger partial charge < -0.3 is 9.80 Å². The summed E-state index contributed by atoms with van der Waals surface area (Å²) in [6.45, 7) is 8.20. The molecule has 4 rings (SSSR count). The number of nitrogens with one attached hydrogen (secondary N) is 1. The number of aromatic nitrogens is 2. The predicted molar refractivity (Wildman–Crippen MR) is 130 cm³/mol. The first-order valence-corrected chi connectivity index (χ1v) is 11.7. The van der Waals surface area contributed by atoms with Crippen molar-refractivity contribution in [2.75, 3.05) is 26.2 Å². The maximum absolute atomic E-state index is 13.4. The van der Waals surface area contributed by atoms with Gasteiger partial charge in [0, 0.05) is 31.9 Å². The van der Waals surface area contributed by atoms with Gasteiger partial charge in [0.1, 0.15) is 5.69 Å². The quantitative estimate of drug-likeness (QED) is 0.614. The van der Waals surface area contributed by atoms with E-state index >= 15 is 0 Å². The fraction of sp³-hybridized carbons (Fsp3) is 0.370. The standard InChI is InChI=1S/C27H32N4O2/c1-4-30-14-15-31(27(33)25-17-24(19(2)3)28-29-25)18-22(26(30)32)16-21-12-8-9-13-23(21)20-10-6-5-7-11-20/h5-13,17,19,22H,4,14-16,18H2,1-3H3,(H,28,29)/t22-/m0/s1. The van der Waals surface area contributed by atoms with Crippen molar-refractivity contribution in [1.29, 1.82) is 0 Å². The summed E-state index contributed by atoms with van der Waals surface area (Å²) in [5.41, 5.74) is 4.73. The third kappa shape index (κ3) is 5.00. The van der Waals surface area contributed by atoms with Crippen LogP contribution in [-0.2, 0) is 11.2 Å². The molecule has 1 fully saturated rings. The Kier molecular flexibility index (Phi) is 6.92. The summed E-state index contributed by atoms with van der Waals surface area (Å²) in [5, 5.41) is 7.22. The van der Waals surface area contributed by atoms with Gasteiger partial charge in [-0.1, -0.05) is 68.4 Å². The molecular formula is C27H32N4O2. The zero-order valence-electron chi connectivity index (χ0n) is 19.6. The van der Waals surface area contributed by atoms with Crippen LogP contribution < -0.4 is 0 Å². The minimum absolute atomic E-state index is 0.112. The monoisotopic (exact) mass is 444 g/mol. The van der Waals surface area contributed by atoms with Crippen molar-refractivity contribution in [2.45, 2.75) is 33.1 Å². The molecule has 2 amide bonds. The number of likely N-dealkylation sites (N-methyl/N-ethyl adjacent to an activating group) is 1. The van der Waals surface area contributed by atoms with Crippen molar-refractivity contribution in [3.63, 3.8) is 0 Å². The lowest BCUT2D eigenvalue weighted by Gasteiger charge is -2.24. The Morgan fingerprint density at radius 2 is 1.82 bits per heavy atom. The van der Waals surface area contributed by atoms with E-state index < -0.39 is 0 Å². The fourth-order valence-electron chi connectivity index (χ4n) is 4.46. The van der Waals surface area contributed by atoms with Gasteiger partial charge in [0.05, 0.1) is 5.92 Å². The topological polar surface area (TPSA) is 69.3 Å². The lowest BCUT2D eigenvalue weighted by atomic mass is 9.91. The molecule has 6 heteroatoms. The smallest absolute Gasteiger partial charge is 0.274 e. The van der Waals surface area contributed by atoms with Crippen LogP contribution in [0.15, 0.2) is 60.7 Å². The Morgan fingerprint density at radius 3 is 2.52 bits per heavy atom. The molecule has 1 N–H and O–H groups in total. The lowest BCUT2D eigenvalue weighted by Crippen LogP contribution is -2.38. The van der Waals surface area contributed by atoms with Crippen LogP contribution >= 0.6 is 0 Å². The zero-order valence-corrected chi connectivity index (χ0v) is 19.6. The van der Waals surface area contributed by atoms with Gasteiger partial charge in [-0.25, -0.2) is 0 Å². The Morgan fingerprint density at radius 1 is 1.09 bits per heavy atom. The maximum Gasteiger partial charge on any atom is 0.274 e. The summed E-state index contributed by atoms with van der Waals surface area (Å²) in [7, 11) is 0. The van der Waals surface area contributed by atoms with Crippen molar-refractivity contribution >= 4 is 11.8 Å². The first-order valence-electron chi connectivity index (χ1n) is 11.7. The molecule has 0 bridgehead atoms. The molecule has 0 unspecified atom stereocenters. The second-order valence-corrected chi connectivity index (χ2v) is 8.96. The number of benzene rings is 2. The number of H-pyrrole nitrogens is 1. The number of rotatable bonds is 6. The SMILES string of the molecule is CCN1CCN(C(=O)c2cc(C(C)C)[nH]n2)C[C@H](Cc2ccccc2-c2ccccc2)C1=O. The number of aromatic amines is 1. The number of carbonyl (C=O) groups excluding carboxylic acids is 2. The van der Waals surface area contributed by atoms with Crippen molar-refractivity contribution in [3.05, 3.63) is 77.6 Å². The average Bonchev–Trinajstić information content (AvgIpc) is 3.28. The van der Waals surface area contributed by atoms with E-state index in [0.717, 1.165) is 22.4 Å². The van der Waals surface area contributed by atoms with E-state index in [4.69, 9.17) is 0 Å². The van der Waals surface area contributed by atoms with Gasteiger partial charge in [-0.2, -0.15) is 5.10 Å². The molecular weight excluding hydrogens is 412 g/mol. The van der Waals surface area contributed by atoms with Crippen LogP contribution in [0.5, 0.6) is 0 Å². The van der Waals surface area contributed by atoms with Crippen molar-refractivity contribution < 1.29 is 9.59 Å². The molecule has 33 heavy (non-hydrogen) atoms. The van der Waals surface area contributed by atoms with Gasteiger partial charge in [0.15, 0.2) is 0 Å². The summed E-state index contributed by atoms with van der Waals surface area (Å²) in [5.74, 6) is -0.0434. The Labute approximate surface area is 195 Å². The van der Waals surface area contributed by atoms with Crippen LogP contribution in [0.25, 0.3) is 11.1 Å². The van der Waals surface area contributed by atoms with Gasteiger partial charge >= 0.3 is 0 Å². The van der Waals surface area contributed by atoms with Gasteiger partial charge in [-0.05, 0) is 42.0 Å². The Hall–Kier alpha value is -3.41. The van der Waals surface area contributed by atoms with Crippen LogP contribution in [0.3, 0.4) is 0 Å². The molecule has 1 aliphatic rings. The molecule has 6 nitrogen and oxygen atoms in total. The molecule has 1 saturated heterocycles. The normalized spacial score (nSPS) is 16.8. The molecule has 3 aromatic rings. The largest absolute Gasteiger partial charge is 0.341 e. The van der Waals surface area contributed by atoms with E-state index in [-0.39, 0.29) is 23.7 Å². The molecule has 1 atom stereocenters. The van der Waals surface area contributed by atoms with Crippen molar-refractivity contribution in [3.8, 4) is 11.1 Å². The zero-order chi connectivity index (χ0) is 23.4. The Bertz CT molecular complexity index is 1110. The molecule has 172 valence electrons. The first-order chi connectivity index (χ1) is 16.0. The highest BCUT2D eigenvalue weighted by atomic mass is 16.2. The summed E-state index contributed by atoms with van der Waals surface area (Å²) >= 11 is 0. The second kappa shape index (κ2) is 10.0. The van der Waals surface area contributed by atoms with E-state index in [9.17, 15) is 9.59 Å². The van der Waals surface area contributed by atoms with E-state index in [1.807, 2.05) is 48.2 Å². The molecule has 2 aromatic carbocycles. The summed E-state index contributed by atoms with van der Waals surface area (Å²) in [6, 6.07) is 20.3. The van der Waals surface area contributed by atoms with Gasteiger partial charge in [0.2, 0.25) is 5.91 Å². The first kappa shape index (κ1) is 22.8. The van der Waals surface area contributed by atoms with Crippen LogP contribution in [0.2, 0.25) is 0 Å². The second-order valence-electron chi connectivity index (χ2n) is 8.96. The van der Waals surface area contributed by atoms with E-state index in [1.165, 1.54) is 0 Å². The molecule has 0 saturated carbocycles. The average molecular weight is 445 g/mol. The Balaban J connectivity index is 1.61. The number of nitrogens with zero attached hydrogens (tertiary/aromatic N) is 3.